The molecule has 27 heavy (non-hydrogen) atoms. The highest BCUT2D eigenvalue weighted by Gasteiger charge is 2.41. The molecule has 1 fully saturated rings. The van der Waals surface area contributed by atoms with Gasteiger partial charge in [0.1, 0.15) is 0 Å². The highest BCUT2D eigenvalue weighted by atomic mass is 31.2. The fourth-order valence-electron chi connectivity index (χ4n) is 4.48. The predicted molar refractivity (Wildman–Crippen MR) is 111 cm³/mol. The number of ketones is 1. The maximum absolute atomic E-state index is 12.2. The number of unbranched alkanes of at least 4 members (excludes halogenated alkanes) is 3. The molecule has 2 aliphatic rings. The van der Waals surface area contributed by atoms with Crippen LogP contribution in [0.25, 0.3) is 0 Å². The Kier molecular flexibility index (Phi) is 8.52. The quantitative estimate of drug-likeness (QED) is 0.274. The summed E-state index contributed by atoms with van der Waals surface area (Å²) in [4.78, 5) is 21.5. The Balaban J connectivity index is 1.71. The van der Waals surface area contributed by atoms with Gasteiger partial charge in [0, 0.05) is 24.7 Å². The lowest BCUT2D eigenvalue weighted by Gasteiger charge is -2.45. The molecule has 0 heterocycles. The number of hydrogen-bond donors (Lipinski definition) is 2. The van der Waals surface area contributed by atoms with Gasteiger partial charge in [0.15, 0.2) is 13.2 Å². The van der Waals surface area contributed by atoms with Crippen molar-refractivity contribution in [2.45, 2.75) is 77.2 Å². The largest absolute Gasteiger partial charge is 0.392 e. The summed E-state index contributed by atoms with van der Waals surface area (Å²) in [5.41, 5.74) is 0.127. The van der Waals surface area contributed by atoms with Crippen molar-refractivity contribution in [3.8, 4) is 0 Å². The molecule has 2 rings (SSSR count). The number of aliphatic hydroxyl groups excluding tert-OH is 1. The molecule has 0 aromatic carbocycles. The van der Waals surface area contributed by atoms with Gasteiger partial charge in [-0.15, -0.1) is 0 Å². The molecule has 0 aromatic rings. The highest BCUT2D eigenvalue weighted by Crippen LogP contribution is 2.47. The summed E-state index contributed by atoms with van der Waals surface area (Å²) in [6.45, 7) is 3.58. The number of carbonyl (C=O) groups is 1. The summed E-state index contributed by atoms with van der Waals surface area (Å²) >= 11 is 0. The molecular formula is C22H37O4P. The number of allylic oxidation sites excluding steroid dienone is 3. The predicted octanol–water partition coefficient (Wildman–Crippen LogP) is 5.10. The SMILES string of the molecule is CCC1(C(O)C/C=C/[C@H]2C=CC(=O)[C@@H]2CCCCCCP(C)(=O)O)CCC1. The molecule has 1 saturated carbocycles. The van der Waals surface area contributed by atoms with Crippen LogP contribution in [0.4, 0.5) is 0 Å². The van der Waals surface area contributed by atoms with Gasteiger partial charge in [-0.1, -0.05) is 50.8 Å². The fourth-order valence-corrected chi connectivity index (χ4v) is 5.29. The van der Waals surface area contributed by atoms with Gasteiger partial charge in [0.25, 0.3) is 0 Å². The molecule has 5 heteroatoms. The molecule has 2 N–H and O–H groups in total. The van der Waals surface area contributed by atoms with Crippen LogP contribution in [0.1, 0.15) is 71.1 Å². The van der Waals surface area contributed by atoms with Crippen LogP contribution in [0.3, 0.4) is 0 Å². The number of rotatable bonds is 12. The molecule has 0 radical (unpaired) electrons. The van der Waals surface area contributed by atoms with Crippen LogP contribution < -0.4 is 0 Å². The van der Waals surface area contributed by atoms with Crippen molar-refractivity contribution in [3.05, 3.63) is 24.3 Å². The second-order valence-corrected chi connectivity index (χ2v) is 11.2. The molecule has 0 amide bonds. The smallest absolute Gasteiger partial charge is 0.197 e. The zero-order valence-electron chi connectivity index (χ0n) is 17.0. The molecule has 0 aromatic heterocycles. The van der Waals surface area contributed by atoms with Gasteiger partial charge in [0.05, 0.1) is 6.10 Å². The second-order valence-electron chi connectivity index (χ2n) is 8.67. The van der Waals surface area contributed by atoms with E-state index in [9.17, 15) is 19.4 Å². The van der Waals surface area contributed by atoms with Crippen LogP contribution in [0.5, 0.6) is 0 Å². The number of hydrogen-bond acceptors (Lipinski definition) is 3. The molecule has 154 valence electrons. The normalized spacial score (nSPS) is 27.6. The van der Waals surface area contributed by atoms with Crippen molar-refractivity contribution in [1.29, 1.82) is 0 Å². The third-order valence-corrected chi connectivity index (χ3v) is 7.77. The molecule has 2 unspecified atom stereocenters. The van der Waals surface area contributed by atoms with Crippen molar-refractivity contribution in [1.82, 2.24) is 0 Å². The zero-order chi connectivity index (χ0) is 19.9. The van der Waals surface area contributed by atoms with E-state index in [2.05, 4.69) is 19.1 Å². The van der Waals surface area contributed by atoms with Gasteiger partial charge >= 0.3 is 0 Å². The van der Waals surface area contributed by atoms with Gasteiger partial charge in [-0.05, 0) is 50.0 Å². The van der Waals surface area contributed by atoms with Crippen LogP contribution in [0.15, 0.2) is 24.3 Å². The monoisotopic (exact) mass is 396 g/mol. The summed E-state index contributed by atoms with van der Waals surface area (Å²) < 4.78 is 11.3. The van der Waals surface area contributed by atoms with Crippen LogP contribution in [0, 0.1) is 17.3 Å². The number of carbonyl (C=O) groups excluding carboxylic acids is 1. The first kappa shape index (κ1) is 22.6. The lowest BCUT2D eigenvalue weighted by molar-refractivity contribution is -0.118. The van der Waals surface area contributed by atoms with Gasteiger partial charge in [-0.3, -0.25) is 9.36 Å². The number of aliphatic hydroxyl groups is 1. The molecule has 0 spiro atoms. The van der Waals surface area contributed by atoms with Crippen molar-refractivity contribution < 1.29 is 19.4 Å². The summed E-state index contributed by atoms with van der Waals surface area (Å²) in [6, 6.07) is 0. The van der Waals surface area contributed by atoms with E-state index in [-0.39, 0.29) is 29.1 Å². The maximum atomic E-state index is 12.2. The zero-order valence-corrected chi connectivity index (χ0v) is 17.9. The summed E-state index contributed by atoms with van der Waals surface area (Å²) in [7, 11) is -2.88. The Bertz CT molecular complexity index is 580. The van der Waals surface area contributed by atoms with Crippen LogP contribution in [-0.4, -0.2) is 34.7 Å². The summed E-state index contributed by atoms with van der Waals surface area (Å²) in [5, 5.41) is 10.5. The highest BCUT2D eigenvalue weighted by molar-refractivity contribution is 7.57. The molecule has 0 saturated heterocycles. The van der Waals surface area contributed by atoms with Crippen molar-refractivity contribution in [2.75, 3.05) is 12.8 Å². The van der Waals surface area contributed by atoms with Gasteiger partial charge in [-0.2, -0.15) is 0 Å². The molecule has 2 aliphatic carbocycles. The summed E-state index contributed by atoms with van der Waals surface area (Å²) in [6.07, 6.45) is 17.8. The molecular weight excluding hydrogens is 359 g/mol. The third-order valence-electron chi connectivity index (χ3n) is 6.63. The van der Waals surface area contributed by atoms with Crippen LogP contribution >= 0.6 is 7.37 Å². The van der Waals surface area contributed by atoms with E-state index in [0.29, 0.717) is 12.6 Å². The van der Waals surface area contributed by atoms with Gasteiger partial charge in [0.2, 0.25) is 0 Å². The lowest BCUT2D eigenvalue weighted by Crippen LogP contribution is -2.40. The Labute approximate surface area is 164 Å². The van der Waals surface area contributed by atoms with Gasteiger partial charge in [-0.25, -0.2) is 0 Å². The minimum atomic E-state index is -2.88. The van der Waals surface area contributed by atoms with Crippen molar-refractivity contribution >= 4 is 13.2 Å². The Hall–Kier alpha value is -0.700. The van der Waals surface area contributed by atoms with E-state index in [1.54, 1.807) is 6.08 Å². The minimum absolute atomic E-state index is 0.0253. The van der Waals surface area contributed by atoms with Crippen molar-refractivity contribution in [3.63, 3.8) is 0 Å². The van der Waals surface area contributed by atoms with E-state index in [1.165, 1.54) is 13.1 Å². The average Bonchev–Trinajstić information content (AvgIpc) is 2.90. The van der Waals surface area contributed by atoms with Crippen LogP contribution in [0.2, 0.25) is 0 Å². The fraction of sp³-hybridized carbons (Fsp3) is 0.773. The van der Waals surface area contributed by atoms with E-state index in [0.717, 1.165) is 51.4 Å². The van der Waals surface area contributed by atoms with E-state index < -0.39 is 7.37 Å². The first-order valence-electron chi connectivity index (χ1n) is 10.6. The first-order chi connectivity index (χ1) is 12.8. The lowest BCUT2D eigenvalue weighted by atomic mass is 9.63. The Morgan fingerprint density at radius 2 is 2.00 bits per heavy atom. The first-order valence-corrected chi connectivity index (χ1v) is 12.9. The average molecular weight is 397 g/mol. The minimum Gasteiger partial charge on any atom is -0.392 e. The van der Waals surface area contributed by atoms with Crippen molar-refractivity contribution in [2.24, 2.45) is 17.3 Å². The Morgan fingerprint density at radius 3 is 2.59 bits per heavy atom. The molecule has 0 bridgehead atoms. The Morgan fingerprint density at radius 1 is 1.30 bits per heavy atom. The summed E-state index contributed by atoms with van der Waals surface area (Å²) in [5.74, 6) is 0.386. The standard InChI is InChI=1S/C22H37O4P/c1-3-22(15-9-16-22)21(24)12-8-10-18-13-14-20(23)19(18)11-6-4-5-7-17-27(2,25)26/h8,10,13-14,18-19,21,24H,3-7,9,11-12,15-17H2,1-2H3,(H,25,26)/b10-8+/t18-,19+,21?/m0/s1. The topological polar surface area (TPSA) is 74.6 Å². The second kappa shape index (κ2) is 10.2. The van der Waals surface area contributed by atoms with E-state index in [1.807, 2.05) is 6.08 Å². The van der Waals surface area contributed by atoms with Crippen LogP contribution in [-0.2, 0) is 9.36 Å². The molecule has 4 nitrogen and oxygen atoms in total. The van der Waals surface area contributed by atoms with E-state index in [4.69, 9.17) is 0 Å². The maximum Gasteiger partial charge on any atom is 0.197 e. The van der Waals surface area contributed by atoms with Gasteiger partial charge < -0.3 is 10.00 Å². The third kappa shape index (κ3) is 6.69. The molecule has 0 aliphatic heterocycles. The molecule has 4 atom stereocenters. The van der Waals surface area contributed by atoms with E-state index >= 15 is 0 Å².